The van der Waals surface area contributed by atoms with Gasteiger partial charge in [-0.1, -0.05) is 26.2 Å². The first-order valence-corrected chi connectivity index (χ1v) is 9.18. The number of allylic oxidation sites excluding steroid dienone is 4. The third-order valence-corrected chi connectivity index (χ3v) is 5.11. The van der Waals surface area contributed by atoms with Crippen LogP contribution in [0, 0.1) is 11.5 Å². The molecule has 0 bridgehead atoms. The van der Waals surface area contributed by atoms with Gasteiger partial charge in [0.2, 0.25) is 0 Å². The van der Waals surface area contributed by atoms with Crippen molar-refractivity contribution in [3.63, 3.8) is 0 Å². The van der Waals surface area contributed by atoms with Gasteiger partial charge in [0.05, 0.1) is 0 Å². The molecule has 0 saturated heterocycles. The van der Waals surface area contributed by atoms with Crippen molar-refractivity contribution in [1.29, 1.82) is 0 Å². The van der Waals surface area contributed by atoms with Crippen LogP contribution < -0.4 is 24.8 Å². The van der Waals surface area contributed by atoms with Crippen molar-refractivity contribution in [2.24, 2.45) is 5.41 Å². The summed E-state index contributed by atoms with van der Waals surface area (Å²) < 4.78 is 1.42. The molecule has 25 heavy (non-hydrogen) atoms. The third kappa shape index (κ3) is 7.99. The van der Waals surface area contributed by atoms with Crippen molar-refractivity contribution in [3.8, 4) is 0 Å². The van der Waals surface area contributed by atoms with Crippen LogP contribution in [-0.4, -0.2) is 3.21 Å². The summed E-state index contributed by atoms with van der Waals surface area (Å²) in [5.41, 5.74) is 4.40. The van der Waals surface area contributed by atoms with Crippen LogP contribution in [-0.2, 0) is 24.2 Å². The van der Waals surface area contributed by atoms with E-state index in [1.54, 1.807) is 0 Å². The van der Waals surface area contributed by atoms with Crippen LogP contribution in [0.2, 0.25) is 0 Å². The van der Waals surface area contributed by atoms with Gasteiger partial charge in [-0.15, -0.1) is 6.42 Å². The summed E-state index contributed by atoms with van der Waals surface area (Å²) in [5, 5.41) is 0. The molecule has 3 rings (SSSR count). The zero-order valence-corrected chi connectivity index (χ0v) is 18.9. The fourth-order valence-corrected chi connectivity index (χ4v) is 3.12. The van der Waals surface area contributed by atoms with Crippen LogP contribution in [0.3, 0.4) is 0 Å². The molecule has 0 aliphatic heterocycles. The Kier molecular flexibility index (Phi) is 11.4. The number of halogens is 2. The Hall–Kier alpha value is -0.747. The van der Waals surface area contributed by atoms with Gasteiger partial charge in [0.15, 0.2) is 0 Å². The predicted octanol–water partition coefficient (Wildman–Crippen LogP) is -0.468. The van der Waals surface area contributed by atoms with Crippen molar-refractivity contribution >= 4 is 3.21 Å². The number of benzene rings is 2. The SMILES string of the molecule is CC(C)(C)C1=CC[C-]=C1.[Cl-].[Cl-].[Zr+2]=[C](c1ccccc1)c1ccccc1. The second-order valence-corrected chi connectivity index (χ2v) is 7.80. The van der Waals surface area contributed by atoms with E-state index in [9.17, 15) is 0 Å². The van der Waals surface area contributed by atoms with Crippen LogP contribution >= 0.6 is 0 Å². The van der Waals surface area contributed by atoms with Crippen LogP contribution in [0.4, 0.5) is 0 Å². The summed E-state index contributed by atoms with van der Waals surface area (Å²) in [5.74, 6) is 0. The first kappa shape index (κ1) is 24.3. The fraction of sp³-hybridized carbons (Fsp3) is 0.227. The quantitative estimate of drug-likeness (QED) is 0.544. The summed E-state index contributed by atoms with van der Waals surface area (Å²) in [6, 6.07) is 21.1. The predicted molar refractivity (Wildman–Crippen MR) is 96.1 cm³/mol. The van der Waals surface area contributed by atoms with Gasteiger partial charge in [-0.2, -0.15) is 11.6 Å². The number of hydrogen-bond donors (Lipinski definition) is 0. The Bertz CT molecular complexity index is 654. The second kappa shape index (κ2) is 11.8. The van der Waals surface area contributed by atoms with Crippen molar-refractivity contribution < 1.29 is 49.0 Å². The van der Waals surface area contributed by atoms with Gasteiger partial charge >= 0.3 is 99.2 Å². The molecule has 130 valence electrons. The molecule has 0 atom stereocenters. The van der Waals surface area contributed by atoms with Gasteiger partial charge in [0.1, 0.15) is 0 Å². The molecule has 0 unspecified atom stereocenters. The van der Waals surface area contributed by atoms with E-state index < -0.39 is 0 Å². The van der Waals surface area contributed by atoms with Crippen molar-refractivity contribution in [2.45, 2.75) is 27.2 Å². The molecule has 0 aromatic heterocycles. The summed E-state index contributed by atoms with van der Waals surface area (Å²) in [6.07, 6.45) is 8.50. The van der Waals surface area contributed by atoms with E-state index in [2.05, 4.69) is 99.7 Å². The molecule has 0 fully saturated rings. The van der Waals surface area contributed by atoms with Crippen LogP contribution in [0.15, 0.2) is 78.4 Å². The van der Waals surface area contributed by atoms with Crippen molar-refractivity contribution in [1.82, 2.24) is 0 Å². The summed E-state index contributed by atoms with van der Waals surface area (Å²) >= 11 is 1.46. The van der Waals surface area contributed by atoms with E-state index in [0.29, 0.717) is 5.41 Å². The maximum atomic E-state index is 3.16. The Balaban J connectivity index is 0.000000462. The zero-order chi connectivity index (χ0) is 16.7. The third-order valence-electron chi connectivity index (χ3n) is 3.69. The van der Waals surface area contributed by atoms with Crippen LogP contribution in [0.5, 0.6) is 0 Å². The van der Waals surface area contributed by atoms with Crippen LogP contribution in [0.1, 0.15) is 38.3 Å². The van der Waals surface area contributed by atoms with E-state index >= 15 is 0 Å². The molecule has 0 heterocycles. The molecule has 0 amide bonds. The van der Waals surface area contributed by atoms with E-state index in [1.165, 1.54) is 44.1 Å². The topological polar surface area (TPSA) is 0 Å². The van der Waals surface area contributed by atoms with E-state index in [0.717, 1.165) is 6.42 Å². The monoisotopic (exact) mass is 447 g/mol. The molecular weight excluding hydrogens is 426 g/mol. The molecule has 3 heteroatoms. The summed E-state index contributed by atoms with van der Waals surface area (Å²) in [7, 11) is 0. The average molecular weight is 450 g/mol. The standard InChI is InChI=1S/C13H10.C9H13.2ClH.Zr/c1-3-7-12(8-4-1)11-13-9-5-2-6-10-13;1-9(2,3)8-6-4-5-7-8;;;/h1-10H;6-7H,4H2,1-3H3;2*1H;/q;-1;;;+2/p-2. The Morgan fingerprint density at radius 3 is 1.56 bits per heavy atom. The fourth-order valence-electron chi connectivity index (χ4n) is 2.30. The van der Waals surface area contributed by atoms with Gasteiger partial charge in [0, 0.05) is 0 Å². The van der Waals surface area contributed by atoms with Gasteiger partial charge in [-0.25, -0.2) is 6.08 Å². The molecule has 2 aromatic carbocycles. The van der Waals surface area contributed by atoms with E-state index in [1.807, 2.05) is 0 Å². The maximum absolute atomic E-state index is 3.16. The molecule has 0 saturated carbocycles. The molecule has 0 nitrogen and oxygen atoms in total. The summed E-state index contributed by atoms with van der Waals surface area (Å²) in [6.45, 7) is 6.67. The van der Waals surface area contributed by atoms with Crippen LogP contribution in [0.25, 0.3) is 0 Å². The van der Waals surface area contributed by atoms with Crippen molar-refractivity contribution in [3.05, 3.63) is 95.6 Å². The molecule has 1 aliphatic rings. The van der Waals surface area contributed by atoms with Gasteiger partial charge < -0.3 is 24.8 Å². The average Bonchev–Trinajstić information content (AvgIpc) is 3.11. The van der Waals surface area contributed by atoms with Crippen molar-refractivity contribution in [2.75, 3.05) is 0 Å². The molecule has 0 spiro atoms. The minimum absolute atomic E-state index is 0. The summed E-state index contributed by atoms with van der Waals surface area (Å²) in [4.78, 5) is 0. The first-order valence-electron chi connectivity index (χ1n) is 7.95. The zero-order valence-electron chi connectivity index (χ0n) is 14.9. The second-order valence-electron chi connectivity index (χ2n) is 6.57. The molecule has 0 radical (unpaired) electrons. The van der Waals surface area contributed by atoms with Gasteiger partial charge in [-0.05, 0) is 0 Å². The van der Waals surface area contributed by atoms with Gasteiger partial charge in [-0.3, -0.25) is 6.08 Å². The minimum atomic E-state index is 0. The number of hydrogen-bond acceptors (Lipinski definition) is 0. The van der Waals surface area contributed by atoms with E-state index in [-0.39, 0.29) is 24.8 Å². The molecule has 0 N–H and O–H groups in total. The Labute approximate surface area is 179 Å². The Morgan fingerprint density at radius 1 is 0.840 bits per heavy atom. The molecular formula is C22H23Cl2Zr-. The van der Waals surface area contributed by atoms with E-state index in [4.69, 9.17) is 0 Å². The molecule has 1 aliphatic carbocycles. The number of rotatable bonds is 2. The molecule has 2 aromatic rings. The Morgan fingerprint density at radius 2 is 1.28 bits per heavy atom. The first-order chi connectivity index (χ1) is 11.0. The normalized spacial score (nSPS) is 12.1. The van der Waals surface area contributed by atoms with Gasteiger partial charge in [0.25, 0.3) is 0 Å².